The van der Waals surface area contributed by atoms with E-state index in [1.807, 2.05) is 12.1 Å². The first-order chi connectivity index (χ1) is 13.5. The minimum Gasteiger partial charge on any atom is -0.461 e. The van der Waals surface area contributed by atoms with E-state index in [2.05, 4.69) is 9.88 Å². The molecule has 28 heavy (non-hydrogen) atoms. The Morgan fingerprint density at radius 1 is 1.29 bits per heavy atom. The van der Waals surface area contributed by atoms with Crippen LogP contribution in [0.1, 0.15) is 60.1 Å². The Balaban J connectivity index is 1.71. The van der Waals surface area contributed by atoms with Crippen molar-refractivity contribution in [1.82, 2.24) is 4.98 Å². The van der Waals surface area contributed by atoms with E-state index >= 15 is 0 Å². The number of hydrogen-bond acceptors (Lipinski definition) is 4. The van der Waals surface area contributed by atoms with Crippen molar-refractivity contribution in [3.63, 3.8) is 0 Å². The summed E-state index contributed by atoms with van der Waals surface area (Å²) in [7, 11) is 0. The Labute approximate surface area is 169 Å². The average molecular weight is 403 g/mol. The zero-order valence-electron chi connectivity index (χ0n) is 16.0. The molecule has 1 aliphatic heterocycles. The number of benzene rings is 1. The van der Waals surface area contributed by atoms with E-state index in [0.717, 1.165) is 17.8 Å². The molecular formula is C22H24ClFN2O2. The Hall–Kier alpha value is -2.14. The molecule has 1 fully saturated rings. The molecule has 6 heteroatoms. The van der Waals surface area contributed by atoms with Crippen LogP contribution in [0, 0.1) is 11.7 Å². The predicted molar refractivity (Wildman–Crippen MR) is 107 cm³/mol. The number of carbonyl (C=O) groups excluding carboxylic acids is 1. The standard InChI is InChI=1S/C22H24ClFN2O2/c1-2-28-22(27)21-10-19-15(11-25-21)12-26(13-20(19)14-5-3-4-6-14)18-8-16(23)7-17(24)9-18/h7-11,14,20H,2-6,12-13H2,1H3. The fourth-order valence-electron chi connectivity index (χ4n) is 4.58. The van der Waals surface area contributed by atoms with Gasteiger partial charge in [-0.25, -0.2) is 14.2 Å². The second-order valence-corrected chi connectivity index (χ2v) is 8.08. The van der Waals surface area contributed by atoms with Gasteiger partial charge in [0, 0.05) is 35.9 Å². The maximum atomic E-state index is 13.9. The van der Waals surface area contributed by atoms with Gasteiger partial charge in [0.2, 0.25) is 0 Å². The Morgan fingerprint density at radius 2 is 2.07 bits per heavy atom. The van der Waals surface area contributed by atoms with Gasteiger partial charge in [0.05, 0.1) is 6.61 Å². The molecule has 4 rings (SSSR count). The highest BCUT2D eigenvalue weighted by molar-refractivity contribution is 6.30. The van der Waals surface area contributed by atoms with E-state index in [4.69, 9.17) is 16.3 Å². The number of ether oxygens (including phenoxy) is 1. The Kier molecular flexibility index (Phi) is 5.54. The minimum atomic E-state index is -0.380. The number of hydrogen-bond donors (Lipinski definition) is 0. The zero-order chi connectivity index (χ0) is 19.7. The summed E-state index contributed by atoms with van der Waals surface area (Å²) in [4.78, 5) is 18.7. The maximum Gasteiger partial charge on any atom is 0.356 e. The highest BCUT2D eigenvalue weighted by atomic mass is 35.5. The van der Waals surface area contributed by atoms with Crippen LogP contribution in [-0.4, -0.2) is 24.1 Å². The van der Waals surface area contributed by atoms with Crippen LogP contribution in [0.5, 0.6) is 0 Å². The van der Waals surface area contributed by atoms with Crippen LogP contribution in [0.3, 0.4) is 0 Å². The summed E-state index contributed by atoms with van der Waals surface area (Å²) >= 11 is 6.09. The summed E-state index contributed by atoms with van der Waals surface area (Å²) in [5.41, 5.74) is 3.42. The summed E-state index contributed by atoms with van der Waals surface area (Å²) in [6, 6.07) is 6.57. The van der Waals surface area contributed by atoms with Gasteiger partial charge in [-0.2, -0.15) is 0 Å². The van der Waals surface area contributed by atoms with Crippen molar-refractivity contribution >= 4 is 23.3 Å². The molecule has 1 unspecified atom stereocenters. The van der Waals surface area contributed by atoms with Crippen LogP contribution in [0.15, 0.2) is 30.5 Å². The third kappa shape index (κ3) is 3.86. The lowest BCUT2D eigenvalue weighted by atomic mass is 9.80. The highest BCUT2D eigenvalue weighted by Crippen LogP contribution is 2.43. The number of aromatic nitrogens is 1. The van der Waals surface area contributed by atoms with Crippen molar-refractivity contribution in [2.75, 3.05) is 18.1 Å². The van der Waals surface area contributed by atoms with Crippen molar-refractivity contribution in [3.8, 4) is 0 Å². The summed E-state index contributed by atoms with van der Waals surface area (Å²) in [6.45, 7) is 3.52. The molecule has 1 aromatic heterocycles. The number of fused-ring (bicyclic) bond motifs is 1. The Morgan fingerprint density at radius 3 is 2.79 bits per heavy atom. The molecule has 4 nitrogen and oxygen atoms in total. The monoisotopic (exact) mass is 402 g/mol. The average Bonchev–Trinajstić information content (AvgIpc) is 3.20. The molecule has 0 spiro atoms. The summed E-state index contributed by atoms with van der Waals surface area (Å²) in [5, 5.41) is 0.397. The Bertz CT molecular complexity index is 863. The van der Waals surface area contributed by atoms with Crippen molar-refractivity contribution < 1.29 is 13.9 Å². The molecule has 1 saturated carbocycles. The molecule has 2 heterocycles. The molecular weight excluding hydrogens is 379 g/mol. The molecule has 1 aromatic carbocycles. The van der Waals surface area contributed by atoms with Crippen LogP contribution in [0.25, 0.3) is 0 Å². The molecule has 2 aliphatic rings. The molecule has 0 saturated heterocycles. The van der Waals surface area contributed by atoms with Gasteiger partial charge in [-0.05, 0) is 61.1 Å². The highest BCUT2D eigenvalue weighted by Gasteiger charge is 2.34. The summed E-state index contributed by atoms with van der Waals surface area (Å²) < 4.78 is 19.0. The molecule has 0 radical (unpaired) electrons. The number of rotatable bonds is 4. The number of carbonyl (C=O) groups is 1. The molecule has 0 bridgehead atoms. The predicted octanol–water partition coefficient (Wildman–Crippen LogP) is 5.34. The van der Waals surface area contributed by atoms with Crippen LogP contribution in [0.4, 0.5) is 10.1 Å². The topological polar surface area (TPSA) is 42.4 Å². The molecule has 1 atom stereocenters. The van der Waals surface area contributed by atoms with Crippen LogP contribution >= 0.6 is 11.6 Å². The van der Waals surface area contributed by atoms with Gasteiger partial charge in [-0.15, -0.1) is 0 Å². The second-order valence-electron chi connectivity index (χ2n) is 7.65. The molecule has 0 N–H and O–H groups in total. The van der Waals surface area contributed by atoms with E-state index in [1.54, 1.807) is 13.1 Å². The van der Waals surface area contributed by atoms with Crippen LogP contribution in [-0.2, 0) is 11.3 Å². The molecule has 2 aromatic rings. The smallest absolute Gasteiger partial charge is 0.356 e. The lowest BCUT2D eigenvalue weighted by Gasteiger charge is -2.39. The lowest BCUT2D eigenvalue weighted by molar-refractivity contribution is 0.0519. The van der Waals surface area contributed by atoms with Gasteiger partial charge in [-0.1, -0.05) is 24.4 Å². The van der Waals surface area contributed by atoms with E-state index in [-0.39, 0.29) is 17.7 Å². The minimum absolute atomic E-state index is 0.282. The van der Waals surface area contributed by atoms with Gasteiger partial charge < -0.3 is 9.64 Å². The maximum absolute atomic E-state index is 13.9. The first-order valence-corrected chi connectivity index (χ1v) is 10.3. The number of pyridine rings is 1. The first-order valence-electron chi connectivity index (χ1n) is 9.92. The van der Waals surface area contributed by atoms with Crippen LogP contribution in [0.2, 0.25) is 5.02 Å². The number of esters is 1. The third-order valence-corrected chi connectivity index (χ3v) is 6.08. The number of nitrogens with zero attached hydrogens (tertiary/aromatic N) is 2. The first kappa shape index (κ1) is 19.2. The van der Waals surface area contributed by atoms with E-state index in [0.29, 0.717) is 29.8 Å². The van der Waals surface area contributed by atoms with Gasteiger partial charge in [0.25, 0.3) is 0 Å². The third-order valence-electron chi connectivity index (χ3n) is 5.87. The van der Waals surface area contributed by atoms with Gasteiger partial charge in [0.1, 0.15) is 11.5 Å². The van der Waals surface area contributed by atoms with Crippen molar-refractivity contribution in [1.29, 1.82) is 0 Å². The van der Waals surface area contributed by atoms with E-state index in [9.17, 15) is 9.18 Å². The summed E-state index contributed by atoms with van der Waals surface area (Å²) in [6.07, 6.45) is 6.60. The zero-order valence-corrected chi connectivity index (χ0v) is 16.7. The van der Waals surface area contributed by atoms with Crippen molar-refractivity contribution in [2.24, 2.45) is 5.92 Å². The van der Waals surface area contributed by atoms with Gasteiger partial charge in [0.15, 0.2) is 0 Å². The van der Waals surface area contributed by atoms with E-state index in [1.165, 1.54) is 43.4 Å². The second kappa shape index (κ2) is 8.08. The fourth-order valence-corrected chi connectivity index (χ4v) is 4.80. The molecule has 1 aliphatic carbocycles. The van der Waals surface area contributed by atoms with Crippen LogP contribution < -0.4 is 4.90 Å². The van der Waals surface area contributed by atoms with Gasteiger partial charge in [-0.3, -0.25) is 0 Å². The number of halogens is 2. The fraction of sp³-hybridized carbons (Fsp3) is 0.455. The van der Waals surface area contributed by atoms with Crippen molar-refractivity contribution in [2.45, 2.75) is 45.1 Å². The summed E-state index contributed by atoms with van der Waals surface area (Å²) in [5.74, 6) is 0.129. The molecule has 0 amide bonds. The molecule has 148 valence electrons. The van der Waals surface area contributed by atoms with Gasteiger partial charge >= 0.3 is 5.97 Å². The largest absolute Gasteiger partial charge is 0.461 e. The number of anilines is 1. The van der Waals surface area contributed by atoms with Crippen molar-refractivity contribution in [3.05, 3.63) is 58.1 Å². The van der Waals surface area contributed by atoms with E-state index < -0.39 is 0 Å². The SMILES string of the molecule is CCOC(=O)c1cc2c(cn1)CN(c1cc(F)cc(Cl)c1)CC2C1CCCC1. The lowest BCUT2D eigenvalue weighted by Crippen LogP contribution is -2.36. The normalized spacial score (nSPS) is 19.5. The quantitative estimate of drug-likeness (QED) is 0.647.